The number of esters is 1. The van der Waals surface area contributed by atoms with E-state index in [0.717, 1.165) is 0 Å². The van der Waals surface area contributed by atoms with Crippen molar-refractivity contribution in [1.29, 1.82) is 0 Å². The van der Waals surface area contributed by atoms with E-state index in [4.69, 9.17) is 14.3 Å². The molecule has 10 nitrogen and oxygen atoms in total. The van der Waals surface area contributed by atoms with Crippen LogP contribution in [-0.4, -0.2) is 36.7 Å². The fraction of sp³-hybridized carbons (Fsp3) is 0.118. The second kappa shape index (κ2) is 8.06. The van der Waals surface area contributed by atoms with Gasteiger partial charge in [0.15, 0.2) is 6.61 Å². The molecule has 0 atom stereocenters. The summed E-state index contributed by atoms with van der Waals surface area (Å²) < 4.78 is 34.5. The van der Waals surface area contributed by atoms with Gasteiger partial charge in [0, 0.05) is 18.1 Å². The van der Waals surface area contributed by atoms with Gasteiger partial charge >= 0.3 is 5.97 Å². The normalized spacial score (nSPS) is 11.2. The standard InChI is InChI=1S/C17H16N4O6S/c18-28(24,25)14-4-1-3-12(9-14)20-16(22)11-26-17(23)15-6-5-13(27-15)10-21-8-2-7-19-21/h1-9H,10-11H2,(H,20,22)(H2,18,24,25). The van der Waals surface area contributed by atoms with Crippen LogP contribution in [0.2, 0.25) is 0 Å². The third kappa shape index (κ3) is 5.05. The summed E-state index contributed by atoms with van der Waals surface area (Å²) in [6.07, 6.45) is 3.37. The van der Waals surface area contributed by atoms with Crippen LogP contribution in [0, 0.1) is 0 Å². The summed E-state index contributed by atoms with van der Waals surface area (Å²) >= 11 is 0. The maximum atomic E-state index is 12.0. The molecule has 0 spiro atoms. The molecule has 28 heavy (non-hydrogen) atoms. The van der Waals surface area contributed by atoms with Crippen LogP contribution in [0.15, 0.2) is 64.2 Å². The molecule has 11 heteroatoms. The number of nitrogens with one attached hydrogen (secondary N) is 1. The first-order chi connectivity index (χ1) is 13.3. The highest BCUT2D eigenvalue weighted by atomic mass is 32.2. The molecule has 0 aliphatic heterocycles. The second-order valence-corrected chi connectivity index (χ2v) is 7.23. The lowest BCUT2D eigenvalue weighted by molar-refractivity contribution is -0.119. The Balaban J connectivity index is 1.53. The minimum absolute atomic E-state index is 0.0498. The van der Waals surface area contributed by atoms with Crippen LogP contribution in [0.1, 0.15) is 16.3 Å². The molecule has 1 amide bonds. The van der Waals surface area contributed by atoms with Crippen molar-refractivity contribution in [1.82, 2.24) is 9.78 Å². The first-order valence-corrected chi connectivity index (χ1v) is 9.52. The first-order valence-electron chi connectivity index (χ1n) is 7.97. The Kier molecular flexibility index (Phi) is 5.57. The van der Waals surface area contributed by atoms with Crippen LogP contribution in [0.5, 0.6) is 0 Å². The molecule has 0 unspecified atom stereocenters. The van der Waals surface area contributed by atoms with E-state index in [9.17, 15) is 18.0 Å². The molecular formula is C17H16N4O6S. The van der Waals surface area contributed by atoms with E-state index >= 15 is 0 Å². The molecule has 2 heterocycles. The quantitative estimate of drug-likeness (QED) is 0.558. The highest BCUT2D eigenvalue weighted by molar-refractivity contribution is 7.89. The molecule has 1 aromatic carbocycles. The Morgan fingerprint density at radius 3 is 2.75 bits per heavy atom. The third-order valence-corrected chi connectivity index (χ3v) is 4.43. The number of benzene rings is 1. The number of rotatable bonds is 7. The molecule has 0 fully saturated rings. The average Bonchev–Trinajstić information content (AvgIpc) is 3.32. The van der Waals surface area contributed by atoms with Crippen molar-refractivity contribution in [2.45, 2.75) is 11.4 Å². The summed E-state index contributed by atoms with van der Waals surface area (Å²) in [4.78, 5) is 23.8. The molecule has 3 aromatic rings. The van der Waals surface area contributed by atoms with E-state index in [0.29, 0.717) is 12.3 Å². The van der Waals surface area contributed by atoms with E-state index in [1.165, 1.54) is 30.3 Å². The summed E-state index contributed by atoms with van der Waals surface area (Å²) in [5, 5.41) is 11.5. The fourth-order valence-electron chi connectivity index (χ4n) is 2.28. The number of hydrogen-bond acceptors (Lipinski definition) is 7. The topological polar surface area (TPSA) is 147 Å². The van der Waals surface area contributed by atoms with Crippen molar-refractivity contribution >= 4 is 27.6 Å². The lowest BCUT2D eigenvalue weighted by atomic mass is 10.3. The number of anilines is 1. The van der Waals surface area contributed by atoms with Gasteiger partial charge in [-0.15, -0.1) is 0 Å². The largest absolute Gasteiger partial charge is 0.452 e. The maximum Gasteiger partial charge on any atom is 0.374 e. The number of furan rings is 1. The molecule has 0 saturated heterocycles. The van der Waals surface area contributed by atoms with Crippen molar-refractivity contribution in [3.8, 4) is 0 Å². The van der Waals surface area contributed by atoms with Crippen molar-refractivity contribution in [2.75, 3.05) is 11.9 Å². The van der Waals surface area contributed by atoms with E-state index in [-0.39, 0.29) is 16.3 Å². The Hall–Kier alpha value is -3.44. The van der Waals surface area contributed by atoms with Gasteiger partial charge in [0.2, 0.25) is 15.8 Å². The number of hydrogen-bond donors (Lipinski definition) is 2. The number of sulfonamides is 1. The predicted octanol–water partition coefficient (Wildman–Crippen LogP) is 0.967. The smallest absolute Gasteiger partial charge is 0.374 e. The molecule has 0 radical (unpaired) electrons. The first kappa shape index (κ1) is 19.3. The summed E-state index contributed by atoms with van der Waals surface area (Å²) in [6.45, 7) is -0.227. The van der Waals surface area contributed by atoms with Gasteiger partial charge in [-0.25, -0.2) is 18.4 Å². The van der Waals surface area contributed by atoms with Crippen LogP contribution in [-0.2, 0) is 26.1 Å². The van der Waals surface area contributed by atoms with Crippen molar-refractivity contribution in [2.24, 2.45) is 5.14 Å². The van der Waals surface area contributed by atoms with Gasteiger partial charge in [-0.2, -0.15) is 5.10 Å². The lowest BCUT2D eigenvalue weighted by Crippen LogP contribution is -2.21. The van der Waals surface area contributed by atoms with Crippen LogP contribution < -0.4 is 10.5 Å². The molecule has 2 aromatic heterocycles. The summed E-state index contributed by atoms with van der Waals surface area (Å²) in [7, 11) is -3.89. The Morgan fingerprint density at radius 2 is 2.04 bits per heavy atom. The SMILES string of the molecule is NS(=O)(=O)c1cccc(NC(=O)COC(=O)c2ccc(Cn3cccn3)o2)c1. The molecule has 146 valence electrons. The molecule has 0 aliphatic carbocycles. The number of nitrogens with zero attached hydrogens (tertiary/aromatic N) is 2. The number of ether oxygens (including phenoxy) is 1. The number of carbonyl (C=O) groups is 2. The molecule has 3 rings (SSSR count). The summed E-state index contributed by atoms with van der Waals surface area (Å²) in [6, 6.07) is 10.2. The van der Waals surface area contributed by atoms with Gasteiger partial charge in [0.05, 0.1) is 11.4 Å². The van der Waals surface area contributed by atoms with Crippen LogP contribution >= 0.6 is 0 Å². The van der Waals surface area contributed by atoms with Gasteiger partial charge in [-0.05, 0) is 36.4 Å². The molecule has 3 N–H and O–H groups in total. The average molecular weight is 404 g/mol. The van der Waals surface area contributed by atoms with Gasteiger partial charge in [0.1, 0.15) is 5.76 Å². The summed E-state index contributed by atoms with van der Waals surface area (Å²) in [5.74, 6) is -1.01. The van der Waals surface area contributed by atoms with Gasteiger partial charge < -0.3 is 14.5 Å². The Morgan fingerprint density at radius 1 is 1.21 bits per heavy atom. The number of primary sulfonamides is 1. The highest BCUT2D eigenvalue weighted by Crippen LogP contribution is 2.14. The molecule has 0 aliphatic rings. The van der Waals surface area contributed by atoms with Crippen molar-refractivity contribution in [3.05, 3.63) is 66.4 Å². The van der Waals surface area contributed by atoms with E-state index < -0.39 is 28.5 Å². The monoisotopic (exact) mass is 404 g/mol. The lowest BCUT2D eigenvalue weighted by Gasteiger charge is -2.07. The maximum absolute atomic E-state index is 12.0. The minimum Gasteiger partial charge on any atom is -0.452 e. The number of aromatic nitrogens is 2. The third-order valence-electron chi connectivity index (χ3n) is 3.52. The zero-order valence-electron chi connectivity index (χ0n) is 14.4. The summed E-state index contributed by atoms with van der Waals surface area (Å²) in [5.41, 5.74) is 0.201. The van der Waals surface area contributed by atoms with Crippen molar-refractivity contribution in [3.63, 3.8) is 0 Å². The van der Waals surface area contributed by atoms with Gasteiger partial charge in [-0.3, -0.25) is 9.48 Å². The fourth-order valence-corrected chi connectivity index (χ4v) is 2.84. The molecular weight excluding hydrogens is 388 g/mol. The van der Waals surface area contributed by atoms with Crippen molar-refractivity contribution < 1.29 is 27.2 Å². The number of nitrogens with two attached hydrogens (primary N) is 1. The van der Waals surface area contributed by atoms with Gasteiger partial charge in [-0.1, -0.05) is 6.07 Å². The second-order valence-electron chi connectivity index (χ2n) is 5.67. The molecule has 0 bridgehead atoms. The highest BCUT2D eigenvalue weighted by Gasteiger charge is 2.15. The Labute approximate surface area is 159 Å². The van der Waals surface area contributed by atoms with Crippen LogP contribution in [0.3, 0.4) is 0 Å². The zero-order chi connectivity index (χ0) is 20.1. The van der Waals surface area contributed by atoms with E-state index in [1.54, 1.807) is 29.2 Å². The predicted molar refractivity (Wildman–Crippen MR) is 96.8 cm³/mol. The minimum atomic E-state index is -3.89. The Bertz CT molecular complexity index is 1090. The van der Waals surface area contributed by atoms with Gasteiger partial charge in [0.25, 0.3) is 5.91 Å². The van der Waals surface area contributed by atoms with Crippen LogP contribution in [0.4, 0.5) is 5.69 Å². The van der Waals surface area contributed by atoms with E-state index in [1.807, 2.05) is 0 Å². The zero-order valence-corrected chi connectivity index (χ0v) is 15.3. The number of carbonyl (C=O) groups excluding carboxylic acids is 2. The van der Waals surface area contributed by atoms with E-state index in [2.05, 4.69) is 10.4 Å². The number of amides is 1. The van der Waals surface area contributed by atoms with Crippen LogP contribution in [0.25, 0.3) is 0 Å². The molecule has 0 saturated carbocycles.